The lowest BCUT2D eigenvalue weighted by Gasteiger charge is -2.30. The molecule has 0 fully saturated rings. The molecule has 4 rings (SSSR count). The van der Waals surface area contributed by atoms with Crippen molar-refractivity contribution in [2.45, 2.75) is 85.8 Å². The fraction of sp³-hybridized carbons (Fsp3) is 0.500. The Hall–Kier alpha value is -4.14. The molecule has 0 saturated heterocycles. The molecule has 2 atom stereocenters. The zero-order valence-corrected chi connectivity index (χ0v) is 41.0. The lowest BCUT2D eigenvalue weighted by molar-refractivity contribution is -0.437. The maximum atomic E-state index is 12.3. The maximum Gasteiger partial charge on any atom is 0.303 e. The van der Waals surface area contributed by atoms with Crippen LogP contribution in [0.1, 0.15) is 76.3 Å². The van der Waals surface area contributed by atoms with Gasteiger partial charge in [0.15, 0.2) is 5.71 Å². The van der Waals surface area contributed by atoms with Crippen molar-refractivity contribution < 1.29 is 80.6 Å². The molecular weight excluding hydrogens is 957 g/mol. The first-order valence-corrected chi connectivity index (χ1v) is 27.6. The van der Waals surface area contributed by atoms with E-state index in [4.69, 9.17) is 19.3 Å². The van der Waals surface area contributed by atoms with E-state index in [-0.39, 0.29) is 43.7 Å². The fourth-order valence-electron chi connectivity index (χ4n) is 8.35. The van der Waals surface area contributed by atoms with Crippen molar-refractivity contribution in [1.29, 1.82) is 0 Å². The highest BCUT2D eigenvalue weighted by Crippen LogP contribution is 2.51. The first kappa shape index (κ1) is 55.5. The molecule has 2 aromatic carbocycles. The number of rotatable bonds is 29. The second-order valence-electron chi connectivity index (χ2n) is 16.5. The van der Waals surface area contributed by atoms with Crippen LogP contribution in [-0.2, 0) is 70.3 Å². The van der Waals surface area contributed by atoms with Crippen LogP contribution in [0.5, 0.6) is 0 Å². The van der Waals surface area contributed by atoms with Gasteiger partial charge in [0.2, 0.25) is 5.69 Å². The minimum atomic E-state index is -4.67. The van der Waals surface area contributed by atoms with Gasteiger partial charge in [0.1, 0.15) is 6.54 Å². The molecule has 0 aliphatic carbocycles. The van der Waals surface area contributed by atoms with Crippen LogP contribution in [0.3, 0.4) is 0 Å². The molecule has 372 valence electrons. The van der Waals surface area contributed by atoms with Crippen LogP contribution in [0, 0.1) is 0 Å². The van der Waals surface area contributed by atoms with Gasteiger partial charge in [-0.15, -0.1) is 0 Å². The lowest BCUT2D eigenvalue weighted by Crippen LogP contribution is -2.32. The van der Waals surface area contributed by atoms with E-state index in [2.05, 4.69) is 0 Å². The Labute approximate surface area is 393 Å². The molecule has 0 bridgehead atoms. The molecule has 0 radical (unpaired) electrons. The van der Waals surface area contributed by atoms with Gasteiger partial charge in [-0.05, 0) is 87.9 Å². The number of unbranched alkanes of at least 4 members (excludes halogenated alkanes) is 2. The zero-order chi connectivity index (χ0) is 49.7. The minimum absolute atomic E-state index is 0.0191. The number of nitrogens with zero attached hydrogens (tertiary/aromatic N) is 2. The number of hydrogen-bond acceptors (Lipinski definition) is 13. The molecule has 0 amide bonds. The highest BCUT2D eigenvalue weighted by atomic mass is 32.2. The number of fused-ring (bicyclic) bond motifs is 2. The number of benzene rings is 2. The van der Waals surface area contributed by atoms with E-state index >= 15 is 0 Å². The van der Waals surface area contributed by atoms with E-state index < -0.39 is 73.7 Å². The average Bonchev–Trinajstić information content (AvgIpc) is 3.59. The van der Waals surface area contributed by atoms with E-state index in [0.29, 0.717) is 86.9 Å². The van der Waals surface area contributed by atoms with Crippen LogP contribution in [0.25, 0.3) is 0 Å². The number of aliphatic carboxylic acids is 1. The summed E-state index contributed by atoms with van der Waals surface area (Å²) in [7, 11) is -16.4. The van der Waals surface area contributed by atoms with Crippen molar-refractivity contribution in [3.8, 4) is 0 Å². The molecule has 67 heavy (non-hydrogen) atoms. The van der Waals surface area contributed by atoms with Gasteiger partial charge in [-0.3, -0.25) is 23.0 Å². The van der Waals surface area contributed by atoms with Gasteiger partial charge in [0, 0.05) is 67.6 Å². The van der Waals surface area contributed by atoms with Gasteiger partial charge in [-0.2, -0.15) is 38.2 Å². The third-order valence-corrected chi connectivity index (χ3v) is 15.0. The summed E-state index contributed by atoms with van der Waals surface area (Å²) < 4.78 is 153. The predicted octanol–water partition coefficient (Wildman–Crippen LogP) is 5.53. The molecule has 0 aromatic heterocycles. The second kappa shape index (κ2) is 23.9. The number of carbonyl (C=O) groups is 1. The normalized spacial score (nSPS) is 19.7. The predicted molar refractivity (Wildman–Crippen MR) is 251 cm³/mol. The number of ether oxygens (including phenoxy) is 3. The van der Waals surface area contributed by atoms with E-state index in [1.807, 2.05) is 17.9 Å². The quantitative estimate of drug-likeness (QED) is 0.0290. The molecule has 19 nitrogen and oxygen atoms in total. The summed E-state index contributed by atoms with van der Waals surface area (Å²) in [5, 5.41) is 9.16. The zero-order valence-electron chi connectivity index (χ0n) is 37.7. The molecule has 5 N–H and O–H groups in total. The highest BCUT2D eigenvalue weighted by Gasteiger charge is 2.48. The van der Waals surface area contributed by atoms with Crippen LogP contribution >= 0.6 is 0 Å². The van der Waals surface area contributed by atoms with Crippen LogP contribution in [0.15, 0.2) is 94.4 Å². The molecule has 2 aliphatic heterocycles. The smallest absolute Gasteiger partial charge is 0.303 e. The maximum absolute atomic E-state index is 12.3. The second-order valence-corrected chi connectivity index (χ2v) is 22.5. The number of carboxylic acids is 1. The van der Waals surface area contributed by atoms with Crippen molar-refractivity contribution in [2.75, 3.05) is 69.6 Å². The van der Waals surface area contributed by atoms with Gasteiger partial charge in [-0.25, -0.2) is 0 Å². The Kier molecular flexibility index (Phi) is 19.8. The molecule has 2 aliphatic rings. The third kappa shape index (κ3) is 16.0. The van der Waals surface area contributed by atoms with Crippen molar-refractivity contribution >= 4 is 63.5 Å². The highest BCUT2D eigenvalue weighted by molar-refractivity contribution is 7.86. The first-order chi connectivity index (χ1) is 31.3. The van der Waals surface area contributed by atoms with Gasteiger partial charge in [0.25, 0.3) is 40.5 Å². The monoisotopic (exact) mass is 1020 g/mol. The summed E-state index contributed by atoms with van der Waals surface area (Å²) in [5.41, 5.74) is 1.59. The van der Waals surface area contributed by atoms with E-state index in [9.17, 15) is 56.7 Å². The SMILES string of the molecule is COCCOCCOCCC1(C)C(=CC=CC=CC=CC2=[N+](CCCS(=O)(=O)O)c3ccc(S(=O)(=O)O)cc3C2(C)CCCS(=O)(=O)O)N(CCCCCC(=O)O)c2ccc(S(=O)(=O)O)cc21. The molecule has 0 saturated carbocycles. The average molecular weight is 1020 g/mol. The standard InChI is InChI=1S/C44H60N2O17S4/c1-43(21-12-30-64(49,50)51)36-32-34(66(55,56)57)17-19-38(36)46(24-13-31-65(52,53)54)40(43)14-8-5-4-6-9-15-41-44(2,22-25-62-28-29-63-27-26-61-3)37-33-35(67(58,59)60)18-20-39(37)45(41)23-11-7-10-16-42(47)48/h4-6,8-9,14-15,17-20,32-33H,7,10-13,16,21-31H2,1-3H3,(H4-,47,48,49,50,51,52,53,54,55,56,57,58,59,60)/p+1. The molecule has 23 heteroatoms. The van der Waals surface area contributed by atoms with Crippen LogP contribution in [0.2, 0.25) is 0 Å². The number of methoxy groups -OCH3 is 1. The summed E-state index contributed by atoms with van der Waals surface area (Å²) in [5.74, 6) is -2.07. The van der Waals surface area contributed by atoms with E-state index in [1.54, 1.807) is 61.1 Å². The van der Waals surface area contributed by atoms with Gasteiger partial charge in [0.05, 0.1) is 53.1 Å². The number of allylic oxidation sites excluding steroid dienone is 8. The van der Waals surface area contributed by atoms with Gasteiger partial charge in [-0.1, -0.05) is 36.8 Å². The molecule has 2 heterocycles. The van der Waals surface area contributed by atoms with E-state index in [1.165, 1.54) is 30.3 Å². The first-order valence-electron chi connectivity index (χ1n) is 21.5. The molecule has 2 unspecified atom stereocenters. The topological polar surface area (TPSA) is 289 Å². The van der Waals surface area contributed by atoms with Crippen LogP contribution in [0.4, 0.5) is 11.4 Å². The summed E-state index contributed by atoms with van der Waals surface area (Å²) in [6.07, 6.45) is 14.3. The summed E-state index contributed by atoms with van der Waals surface area (Å²) in [6.45, 7) is 5.92. The van der Waals surface area contributed by atoms with Gasteiger partial charge >= 0.3 is 5.97 Å². The fourth-order valence-corrected chi connectivity index (χ4v) is 10.4. The number of hydrogen-bond donors (Lipinski definition) is 5. The van der Waals surface area contributed by atoms with E-state index in [0.717, 1.165) is 5.70 Å². The lowest BCUT2D eigenvalue weighted by atomic mass is 9.76. The van der Waals surface area contributed by atoms with Crippen molar-refractivity contribution in [1.82, 2.24) is 0 Å². The summed E-state index contributed by atoms with van der Waals surface area (Å²) in [6, 6.07) is 8.32. The number of anilines is 1. The van der Waals surface area contributed by atoms with Crippen LogP contribution < -0.4 is 4.90 Å². The summed E-state index contributed by atoms with van der Waals surface area (Å²) in [4.78, 5) is 12.5. The largest absolute Gasteiger partial charge is 0.481 e. The molecule has 2 aromatic rings. The Morgan fingerprint density at radius 1 is 0.672 bits per heavy atom. The summed E-state index contributed by atoms with van der Waals surface area (Å²) >= 11 is 0. The Bertz CT molecular complexity index is 2690. The minimum Gasteiger partial charge on any atom is -0.481 e. The Morgan fingerprint density at radius 3 is 1.88 bits per heavy atom. The number of carboxylic acid groups (broad SMARTS) is 1. The Balaban J connectivity index is 1.72. The van der Waals surface area contributed by atoms with Crippen LogP contribution in [-0.4, -0.2) is 138 Å². The molecule has 0 spiro atoms. The molecular formula is C44H61N2O17S4+. The Morgan fingerprint density at radius 2 is 1.25 bits per heavy atom. The van der Waals surface area contributed by atoms with Crippen molar-refractivity contribution in [3.05, 3.63) is 95.8 Å². The van der Waals surface area contributed by atoms with Gasteiger partial charge < -0.3 is 24.2 Å². The van der Waals surface area contributed by atoms with Crippen molar-refractivity contribution in [2.24, 2.45) is 0 Å². The third-order valence-electron chi connectivity index (χ3n) is 11.7. The van der Waals surface area contributed by atoms with Crippen molar-refractivity contribution in [3.63, 3.8) is 0 Å².